The van der Waals surface area contributed by atoms with Crippen LogP contribution in [-0.2, 0) is 0 Å². The highest BCUT2D eigenvalue weighted by Gasteiger charge is 2.15. The Morgan fingerprint density at radius 1 is 0.435 bits per heavy atom. The lowest BCUT2D eigenvalue weighted by molar-refractivity contribution is 0.130. The molecule has 46 heavy (non-hydrogen) atoms. The molecule has 2 N–H and O–H groups in total. The van der Waals surface area contributed by atoms with Gasteiger partial charge in [-0.25, -0.2) is 4.79 Å². The molecule has 0 saturated carbocycles. The molecule has 1 heterocycles. The van der Waals surface area contributed by atoms with Crippen molar-refractivity contribution < 1.29 is 4.79 Å². The number of urea groups is 1. The molecule has 0 aromatic heterocycles. The average molecular weight is 685 g/mol. The van der Waals surface area contributed by atoms with Crippen LogP contribution in [0.3, 0.4) is 0 Å². The lowest BCUT2D eigenvalue weighted by Crippen LogP contribution is -2.47. The third-order valence-electron chi connectivity index (χ3n) is 9.45. The molecule has 1 rings (SSSR count). The normalized spacial score (nSPS) is 14.2. The number of amides is 2. The van der Waals surface area contributed by atoms with E-state index in [1.807, 2.05) is 11.8 Å². The van der Waals surface area contributed by atoms with E-state index in [-0.39, 0.29) is 6.03 Å². The molecule has 1 saturated heterocycles. The number of rotatable bonds is 35. The van der Waals surface area contributed by atoms with E-state index in [4.69, 9.17) is 0 Å². The number of hydrogen-bond acceptors (Lipinski definition) is 5. The molecule has 2 amide bonds. The van der Waals surface area contributed by atoms with Crippen LogP contribution in [0.2, 0.25) is 0 Å². The number of carbonyl (C=O) groups is 1. The van der Waals surface area contributed by atoms with E-state index in [1.165, 1.54) is 191 Å². The molecular formula is C39H80N4OS2. The zero-order chi connectivity index (χ0) is 33.0. The predicted molar refractivity (Wildman–Crippen MR) is 211 cm³/mol. The molecule has 0 radical (unpaired) electrons. The fourth-order valence-electron chi connectivity index (χ4n) is 6.31. The summed E-state index contributed by atoms with van der Waals surface area (Å²) in [6.07, 6.45) is 33.2. The highest BCUT2D eigenvalue weighted by molar-refractivity contribution is 7.99. The number of carbonyl (C=O) groups excluding carboxylic acids is 1. The molecule has 0 aliphatic carbocycles. The van der Waals surface area contributed by atoms with Gasteiger partial charge in [-0.2, -0.15) is 23.5 Å². The monoisotopic (exact) mass is 685 g/mol. The minimum atomic E-state index is 0.00570. The van der Waals surface area contributed by atoms with Crippen molar-refractivity contribution in [3.8, 4) is 0 Å². The number of nitrogens with zero attached hydrogens (tertiary/aromatic N) is 2. The molecule has 1 aliphatic heterocycles. The van der Waals surface area contributed by atoms with Crippen LogP contribution in [0.4, 0.5) is 4.79 Å². The van der Waals surface area contributed by atoms with Crippen LogP contribution >= 0.6 is 23.5 Å². The quantitative estimate of drug-likeness (QED) is 0.0651. The number of thioether (sulfide) groups is 2. The van der Waals surface area contributed by atoms with Crippen molar-refractivity contribution >= 4 is 29.6 Å². The summed E-state index contributed by atoms with van der Waals surface area (Å²) in [6.45, 7) is 13.3. The van der Waals surface area contributed by atoms with Crippen molar-refractivity contribution in [1.29, 1.82) is 0 Å². The van der Waals surface area contributed by atoms with Gasteiger partial charge in [0, 0.05) is 39.3 Å². The minimum absolute atomic E-state index is 0.00570. The maximum atomic E-state index is 12.1. The second-order valence-electron chi connectivity index (χ2n) is 13.9. The summed E-state index contributed by atoms with van der Waals surface area (Å²) in [5, 5.41) is 6.09. The Balaban J connectivity index is 1.77. The Hall–Kier alpha value is -0.110. The van der Waals surface area contributed by atoms with Gasteiger partial charge < -0.3 is 20.4 Å². The highest BCUT2D eigenvalue weighted by Crippen LogP contribution is 2.15. The van der Waals surface area contributed by atoms with Crippen LogP contribution in [0.15, 0.2) is 0 Å². The Bertz CT molecular complexity index is 619. The molecule has 1 fully saturated rings. The molecule has 0 aromatic rings. The second kappa shape index (κ2) is 36.2. The van der Waals surface area contributed by atoms with Gasteiger partial charge in [-0.3, -0.25) is 0 Å². The van der Waals surface area contributed by atoms with Gasteiger partial charge in [0.2, 0.25) is 0 Å². The minimum Gasteiger partial charge on any atom is -0.338 e. The first-order valence-electron chi connectivity index (χ1n) is 20.4. The van der Waals surface area contributed by atoms with Crippen molar-refractivity contribution in [2.45, 2.75) is 168 Å². The molecule has 0 unspecified atom stereocenters. The topological polar surface area (TPSA) is 47.6 Å². The van der Waals surface area contributed by atoms with Crippen LogP contribution in [-0.4, -0.2) is 91.2 Å². The van der Waals surface area contributed by atoms with Crippen LogP contribution < -0.4 is 10.6 Å². The summed E-state index contributed by atoms with van der Waals surface area (Å²) in [7, 11) is 0. The van der Waals surface area contributed by atoms with Gasteiger partial charge in [0.1, 0.15) is 0 Å². The Kier molecular flexibility index (Phi) is 34.5. The standard InChI is InChI=1S/C39H80N4OS2/c1-3-5-7-9-11-13-15-18-22-35-45-36-24-20-17-21-29-42-31-33-43(34-32-42)30-25-27-40-39(44)41-28-26-38-46-37-23-19-16-14-12-10-8-6-4-2/h3-38H2,1-2H3,(H2,40,41,44). The van der Waals surface area contributed by atoms with Gasteiger partial charge >= 0.3 is 6.03 Å². The van der Waals surface area contributed by atoms with E-state index in [1.54, 1.807) is 0 Å². The van der Waals surface area contributed by atoms with E-state index in [0.29, 0.717) is 0 Å². The van der Waals surface area contributed by atoms with Crippen molar-refractivity contribution in [2.24, 2.45) is 0 Å². The Morgan fingerprint density at radius 2 is 0.761 bits per heavy atom. The van der Waals surface area contributed by atoms with Crippen molar-refractivity contribution in [3.05, 3.63) is 0 Å². The number of hydrogen-bond donors (Lipinski definition) is 2. The first kappa shape index (κ1) is 43.9. The third kappa shape index (κ3) is 31.2. The molecule has 0 aromatic carbocycles. The van der Waals surface area contributed by atoms with Gasteiger partial charge in [0.05, 0.1) is 0 Å². The zero-order valence-corrected chi connectivity index (χ0v) is 32.7. The van der Waals surface area contributed by atoms with Gasteiger partial charge in [0.15, 0.2) is 0 Å². The van der Waals surface area contributed by atoms with Crippen molar-refractivity contribution in [2.75, 3.05) is 75.4 Å². The van der Waals surface area contributed by atoms with E-state index >= 15 is 0 Å². The highest BCUT2D eigenvalue weighted by atomic mass is 32.2. The summed E-state index contributed by atoms with van der Waals surface area (Å²) in [4.78, 5) is 17.3. The van der Waals surface area contributed by atoms with Crippen LogP contribution in [0.5, 0.6) is 0 Å². The molecule has 0 spiro atoms. The van der Waals surface area contributed by atoms with Crippen LogP contribution in [0.1, 0.15) is 168 Å². The largest absolute Gasteiger partial charge is 0.338 e. The number of nitrogens with one attached hydrogen (secondary N) is 2. The SMILES string of the molecule is CCCCCCCCCCCSCCCCCCN1CCN(CCCNC(=O)NCCCSCCCCCCCCCCC)CC1. The zero-order valence-electron chi connectivity index (χ0n) is 31.1. The molecular weight excluding hydrogens is 605 g/mol. The predicted octanol–water partition coefficient (Wildman–Crippen LogP) is 10.8. The summed E-state index contributed by atoms with van der Waals surface area (Å²) >= 11 is 4.24. The smallest absolute Gasteiger partial charge is 0.314 e. The summed E-state index contributed by atoms with van der Waals surface area (Å²) in [6, 6.07) is 0.00570. The summed E-state index contributed by atoms with van der Waals surface area (Å²) < 4.78 is 0. The maximum Gasteiger partial charge on any atom is 0.314 e. The lowest BCUT2D eigenvalue weighted by atomic mass is 10.1. The maximum absolute atomic E-state index is 12.1. The fraction of sp³-hybridized carbons (Fsp3) is 0.974. The average Bonchev–Trinajstić information content (AvgIpc) is 3.07. The Labute approximate surface area is 297 Å². The van der Waals surface area contributed by atoms with Gasteiger partial charge in [-0.15, -0.1) is 0 Å². The summed E-state index contributed by atoms with van der Waals surface area (Å²) in [5.74, 6) is 5.17. The fourth-order valence-corrected chi connectivity index (χ4v) is 8.29. The van der Waals surface area contributed by atoms with E-state index < -0.39 is 0 Å². The first-order valence-corrected chi connectivity index (χ1v) is 22.7. The molecule has 0 atom stereocenters. The third-order valence-corrected chi connectivity index (χ3v) is 11.8. The molecule has 5 nitrogen and oxygen atoms in total. The first-order chi connectivity index (χ1) is 22.8. The van der Waals surface area contributed by atoms with Gasteiger partial charge in [-0.1, -0.05) is 129 Å². The van der Waals surface area contributed by atoms with E-state index in [2.05, 4.69) is 46.0 Å². The van der Waals surface area contributed by atoms with Gasteiger partial charge in [-0.05, 0) is 74.6 Å². The molecule has 1 aliphatic rings. The van der Waals surface area contributed by atoms with Crippen LogP contribution in [0.25, 0.3) is 0 Å². The molecule has 274 valence electrons. The van der Waals surface area contributed by atoms with Crippen molar-refractivity contribution in [1.82, 2.24) is 20.4 Å². The number of piperazine rings is 1. The van der Waals surface area contributed by atoms with Crippen molar-refractivity contribution in [3.63, 3.8) is 0 Å². The molecule has 7 heteroatoms. The van der Waals surface area contributed by atoms with Gasteiger partial charge in [0.25, 0.3) is 0 Å². The van der Waals surface area contributed by atoms with E-state index in [9.17, 15) is 4.79 Å². The van der Waals surface area contributed by atoms with E-state index in [0.717, 1.165) is 38.2 Å². The van der Waals surface area contributed by atoms with Crippen LogP contribution in [0, 0.1) is 0 Å². The lowest BCUT2D eigenvalue weighted by Gasteiger charge is -2.34. The molecule has 0 bridgehead atoms. The second-order valence-corrected chi connectivity index (χ2v) is 16.3. The Morgan fingerprint density at radius 3 is 1.20 bits per heavy atom. The summed E-state index contributed by atoms with van der Waals surface area (Å²) in [5.41, 5.74) is 0. The number of unbranched alkanes of at least 4 members (excludes halogenated alkanes) is 19.